The SMILES string of the molecule is CCOc1ccc(NC(CC(C)C)CC(C)C)cc1F. The van der Waals surface area contributed by atoms with Crippen molar-refractivity contribution < 1.29 is 9.13 Å². The van der Waals surface area contributed by atoms with Crippen molar-refractivity contribution in [1.82, 2.24) is 0 Å². The highest BCUT2D eigenvalue weighted by atomic mass is 19.1. The fourth-order valence-corrected chi connectivity index (χ4v) is 2.45. The molecule has 0 aromatic heterocycles. The minimum absolute atomic E-state index is 0.301. The van der Waals surface area contributed by atoms with Gasteiger partial charge in [0.1, 0.15) is 0 Å². The number of anilines is 1. The quantitative estimate of drug-likeness (QED) is 0.716. The monoisotopic (exact) mass is 281 g/mol. The Balaban J connectivity index is 2.74. The van der Waals surface area contributed by atoms with E-state index in [1.54, 1.807) is 6.07 Å². The van der Waals surface area contributed by atoms with Gasteiger partial charge in [0, 0.05) is 17.8 Å². The van der Waals surface area contributed by atoms with Crippen LogP contribution in [0, 0.1) is 17.7 Å². The Labute approximate surface area is 122 Å². The number of hydrogen-bond donors (Lipinski definition) is 1. The summed E-state index contributed by atoms with van der Waals surface area (Å²) < 4.78 is 19.1. The van der Waals surface area contributed by atoms with E-state index in [2.05, 4.69) is 33.0 Å². The standard InChI is InChI=1S/C17H28FNO/c1-6-20-17-8-7-14(11-16(17)18)19-15(9-12(2)3)10-13(4)5/h7-8,11-13,15,19H,6,9-10H2,1-5H3. The maximum Gasteiger partial charge on any atom is 0.167 e. The van der Waals surface area contributed by atoms with Gasteiger partial charge < -0.3 is 10.1 Å². The molecular weight excluding hydrogens is 253 g/mol. The van der Waals surface area contributed by atoms with E-state index in [0.717, 1.165) is 18.5 Å². The predicted molar refractivity (Wildman–Crippen MR) is 83.9 cm³/mol. The van der Waals surface area contributed by atoms with Crippen molar-refractivity contribution in [2.24, 2.45) is 11.8 Å². The molecule has 0 saturated heterocycles. The summed E-state index contributed by atoms with van der Waals surface area (Å²) in [5.74, 6) is 1.27. The number of rotatable bonds is 8. The average Bonchev–Trinajstić information content (AvgIpc) is 2.31. The van der Waals surface area contributed by atoms with Crippen molar-refractivity contribution in [2.75, 3.05) is 11.9 Å². The summed E-state index contributed by atoms with van der Waals surface area (Å²) in [5.41, 5.74) is 0.831. The summed E-state index contributed by atoms with van der Waals surface area (Å²) in [6.45, 7) is 11.2. The summed E-state index contributed by atoms with van der Waals surface area (Å²) in [4.78, 5) is 0. The van der Waals surface area contributed by atoms with Crippen LogP contribution >= 0.6 is 0 Å². The zero-order valence-electron chi connectivity index (χ0n) is 13.4. The molecule has 0 spiro atoms. The molecule has 1 aromatic carbocycles. The molecule has 1 N–H and O–H groups in total. The number of benzene rings is 1. The second-order valence-corrected chi connectivity index (χ2v) is 6.18. The first-order valence-electron chi connectivity index (χ1n) is 7.61. The summed E-state index contributed by atoms with van der Waals surface area (Å²) >= 11 is 0. The van der Waals surface area contributed by atoms with Crippen molar-refractivity contribution in [3.05, 3.63) is 24.0 Å². The molecule has 1 rings (SSSR count). The molecule has 0 fully saturated rings. The third kappa shape index (κ3) is 5.81. The van der Waals surface area contributed by atoms with Crippen molar-refractivity contribution in [3.63, 3.8) is 0 Å². The molecule has 114 valence electrons. The molecule has 0 radical (unpaired) electrons. The average molecular weight is 281 g/mol. The van der Waals surface area contributed by atoms with E-state index in [0.29, 0.717) is 30.2 Å². The number of nitrogens with one attached hydrogen (secondary N) is 1. The molecular formula is C17H28FNO. The molecule has 0 aliphatic carbocycles. The van der Waals surface area contributed by atoms with Crippen molar-refractivity contribution in [1.29, 1.82) is 0 Å². The van der Waals surface area contributed by atoms with Gasteiger partial charge >= 0.3 is 0 Å². The Morgan fingerprint density at radius 1 is 1.10 bits per heavy atom. The molecule has 0 aliphatic heterocycles. The van der Waals surface area contributed by atoms with Crippen LogP contribution in [0.3, 0.4) is 0 Å². The molecule has 0 bridgehead atoms. The van der Waals surface area contributed by atoms with E-state index in [1.807, 2.05) is 13.0 Å². The van der Waals surface area contributed by atoms with Gasteiger partial charge in [0.15, 0.2) is 11.6 Å². The zero-order valence-corrected chi connectivity index (χ0v) is 13.4. The molecule has 0 saturated carbocycles. The van der Waals surface area contributed by atoms with Gasteiger partial charge in [0.25, 0.3) is 0 Å². The highest BCUT2D eigenvalue weighted by Crippen LogP contribution is 2.24. The van der Waals surface area contributed by atoms with Gasteiger partial charge in [-0.15, -0.1) is 0 Å². The largest absolute Gasteiger partial charge is 0.491 e. The lowest BCUT2D eigenvalue weighted by molar-refractivity contribution is 0.321. The molecule has 0 amide bonds. The van der Waals surface area contributed by atoms with Crippen LogP contribution in [0.25, 0.3) is 0 Å². The highest BCUT2D eigenvalue weighted by molar-refractivity contribution is 5.48. The van der Waals surface area contributed by atoms with Crippen molar-refractivity contribution in [3.8, 4) is 5.75 Å². The number of ether oxygens (including phenoxy) is 1. The van der Waals surface area contributed by atoms with E-state index in [1.165, 1.54) is 6.07 Å². The van der Waals surface area contributed by atoms with Crippen LogP contribution in [0.1, 0.15) is 47.5 Å². The third-order valence-corrected chi connectivity index (χ3v) is 3.11. The normalized spacial score (nSPS) is 11.4. The first-order chi connectivity index (χ1) is 9.42. The molecule has 1 aromatic rings. The van der Waals surface area contributed by atoms with Crippen LogP contribution in [0.5, 0.6) is 5.75 Å². The predicted octanol–water partition coefficient (Wildman–Crippen LogP) is 5.10. The molecule has 0 unspecified atom stereocenters. The molecule has 0 aliphatic rings. The molecule has 0 heterocycles. The van der Waals surface area contributed by atoms with Gasteiger partial charge in [-0.1, -0.05) is 27.7 Å². The van der Waals surface area contributed by atoms with Gasteiger partial charge in [-0.05, 0) is 43.7 Å². The van der Waals surface area contributed by atoms with E-state index < -0.39 is 0 Å². The van der Waals surface area contributed by atoms with Crippen LogP contribution in [-0.2, 0) is 0 Å². The Morgan fingerprint density at radius 3 is 2.15 bits per heavy atom. The maximum atomic E-state index is 13.8. The highest BCUT2D eigenvalue weighted by Gasteiger charge is 2.14. The summed E-state index contributed by atoms with van der Waals surface area (Å²) in [7, 11) is 0. The minimum Gasteiger partial charge on any atom is -0.491 e. The van der Waals surface area contributed by atoms with Crippen LogP contribution in [-0.4, -0.2) is 12.6 Å². The summed E-state index contributed by atoms with van der Waals surface area (Å²) in [6, 6.07) is 5.50. The van der Waals surface area contributed by atoms with E-state index in [-0.39, 0.29) is 5.82 Å². The van der Waals surface area contributed by atoms with Gasteiger partial charge in [-0.3, -0.25) is 0 Å². The lowest BCUT2D eigenvalue weighted by Crippen LogP contribution is -2.23. The molecule has 2 nitrogen and oxygen atoms in total. The van der Waals surface area contributed by atoms with Crippen molar-refractivity contribution >= 4 is 5.69 Å². The van der Waals surface area contributed by atoms with E-state index in [9.17, 15) is 4.39 Å². The number of halogens is 1. The zero-order chi connectivity index (χ0) is 15.1. The Morgan fingerprint density at radius 2 is 1.70 bits per heavy atom. The van der Waals surface area contributed by atoms with Gasteiger partial charge in [0.2, 0.25) is 0 Å². The first-order valence-corrected chi connectivity index (χ1v) is 7.61. The van der Waals surface area contributed by atoms with Gasteiger partial charge in [-0.2, -0.15) is 0 Å². The fourth-order valence-electron chi connectivity index (χ4n) is 2.45. The summed E-state index contributed by atoms with van der Waals surface area (Å²) in [6.07, 6.45) is 2.18. The molecule has 20 heavy (non-hydrogen) atoms. The van der Waals surface area contributed by atoms with Crippen LogP contribution in [0.4, 0.5) is 10.1 Å². The first kappa shape index (κ1) is 16.8. The lowest BCUT2D eigenvalue weighted by Gasteiger charge is -2.23. The van der Waals surface area contributed by atoms with E-state index >= 15 is 0 Å². The Bertz CT molecular complexity index is 394. The van der Waals surface area contributed by atoms with Gasteiger partial charge in [-0.25, -0.2) is 4.39 Å². The van der Waals surface area contributed by atoms with Crippen LogP contribution in [0.2, 0.25) is 0 Å². The minimum atomic E-state index is -0.301. The van der Waals surface area contributed by atoms with Gasteiger partial charge in [0.05, 0.1) is 6.61 Å². The lowest BCUT2D eigenvalue weighted by atomic mass is 9.95. The second-order valence-electron chi connectivity index (χ2n) is 6.18. The maximum absolute atomic E-state index is 13.8. The van der Waals surface area contributed by atoms with Crippen LogP contribution < -0.4 is 10.1 Å². The fraction of sp³-hybridized carbons (Fsp3) is 0.647. The van der Waals surface area contributed by atoms with E-state index in [4.69, 9.17) is 4.74 Å². The number of hydrogen-bond acceptors (Lipinski definition) is 2. The Kier molecular flexibility index (Phi) is 6.83. The Hall–Kier alpha value is -1.25. The molecule has 3 heteroatoms. The topological polar surface area (TPSA) is 21.3 Å². The summed E-state index contributed by atoms with van der Waals surface area (Å²) in [5, 5.41) is 3.46. The van der Waals surface area contributed by atoms with Crippen LogP contribution in [0.15, 0.2) is 18.2 Å². The second kappa shape index (κ2) is 8.13. The molecule has 0 atom stereocenters. The smallest absolute Gasteiger partial charge is 0.167 e. The third-order valence-electron chi connectivity index (χ3n) is 3.11. The van der Waals surface area contributed by atoms with Crippen molar-refractivity contribution in [2.45, 2.75) is 53.5 Å².